The number of H-pyrrole nitrogens is 1. The maximum atomic E-state index is 4.18. The lowest BCUT2D eigenvalue weighted by Gasteiger charge is -1.94. The largest absolute Gasteiger partial charge is 0.353 e. The first-order chi connectivity index (χ1) is 7.45. The molecule has 0 unspecified atom stereocenters. The Hall–Kier alpha value is -2.09. The molecule has 0 fully saturated rings. The Morgan fingerprint density at radius 1 is 1.07 bits per heavy atom. The topological polar surface area (TPSA) is 28.1 Å². The predicted octanol–water partition coefficient (Wildman–Crippen LogP) is 3.13. The van der Waals surface area contributed by atoms with Gasteiger partial charge in [0.05, 0.1) is 11.9 Å². The molecule has 0 spiro atoms. The standard InChI is InChI=1S/C13H10N2/c1-2-7-12-10(5-1)11-6-3-4-8-14-9-13(11)15-12/h1-9,15H/b4-3?,6-3-,8-4-,11-6?,13-9?,14-8?,14-9?. The van der Waals surface area contributed by atoms with E-state index in [9.17, 15) is 0 Å². The molecule has 0 radical (unpaired) electrons. The number of hydrogen-bond acceptors (Lipinski definition) is 1. The highest BCUT2D eigenvalue weighted by molar-refractivity contribution is 5.99. The van der Waals surface area contributed by atoms with E-state index in [1.807, 2.05) is 24.4 Å². The molecule has 1 aromatic heterocycles. The normalized spacial score (nSPS) is 18.1. The van der Waals surface area contributed by atoms with E-state index in [1.165, 1.54) is 10.9 Å². The van der Waals surface area contributed by atoms with Gasteiger partial charge in [0, 0.05) is 22.7 Å². The number of allylic oxidation sites excluding steroid dienone is 2. The Kier molecular flexibility index (Phi) is 1.78. The minimum Gasteiger partial charge on any atom is -0.353 e. The maximum absolute atomic E-state index is 4.18. The molecule has 2 heterocycles. The highest BCUT2D eigenvalue weighted by atomic mass is 14.8. The van der Waals surface area contributed by atoms with Gasteiger partial charge in [0.2, 0.25) is 0 Å². The zero-order valence-corrected chi connectivity index (χ0v) is 8.14. The zero-order valence-electron chi connectivity index (χ0n) is 8.14. The Bertz CT molecular complexity index is 586. The maximum Gasteiger partial charge on any atom is 0.0650 e. The fourth-order valence-corrected chi connectivity index (χ4v) is 1.83. The van der Waals surface area contributed by atoms with E-state index in [1.54, 1.807) is 6.20 Å². The quantitative estimate of drug-likeness (QED) is 0.667. The van der Waals surface area contributed by atoms with E-state index in [0.29, 0.717) is 0 Å². The number of aromatic amines is 1. The van der Waals surface area contributed by atoms with E-state index in [-0.39, 0.29) is 0 Å². The van der Waals surface area contributed by atoms with Crippen LogP contribution in [0.3, 0.4) is 0 Å². The van der Waals surface area contributed by atoms with Gasteiger partial charge < -0.3 is 4.98 Å². The van der Waals surface area contributed by atoms with Crippen molar-refractivity contribution in [3.05, 3.63) is 53.9 Å². The molecule has 2 aromatic rings. The molecular formula is C13H10N2. The molecule has 1 aromatic carbocycles. The summed E-state index contributed by atoms with van der Waals surface area (Å²) in [6.07, 6.45) is 9.69. The molecule has 0 saturated carbocycles. The third-order valence-electron chi connectivity index (χ3n) is 2.53. The second kappa shape index (κ2) is 3.24. The summed E-state index contributed by atoms with van der Waals surface area (Å²) >= 11 is 0. The highest BCUT2D eigenvalue weighted by Gasteiger charge is 2.06. The van der Waals surface area contributed by atoms with Gasteiger partial charge in [0.15, 0.2) is 0 Å². The molecule has 1 N–H and O–H groups in total. The first-order valence-electron chi connectivity index (χ1n) is 4.92. The zero-order chi connectivity index (χ0) is 10.1. The third kappa shape index (κ3) is 1.31. The summed E-state index contributed by atoms with van der Waals surface area (Å²) in [6, 6.07) is 8.28. The van der Waals surface area contributed by atoms with Crippen molar-refractivity contribution in [2.45, 2.75) is 0 Å². The van der Waals surface area contributed by atoms with Gasteiger partial charge in [-0.15, -0.1) is 0 Å². The molecule has 1 aliphatic heterocycles. The monoisotopic (exact) mass is 194 g/mol. The Morgan fingerprint density at radius 3 is 3.00 bits per heavy atom. The summed E-state index contributed by atoms with van der Waals surface area (Å²) in [5.74, 6) is 0. The van der Waals surface area contributed by atoms with Crippen LogP contribution in [0.25, 0.3) is 17.0 Å². The molecular weight excluding hydrogens is 184 g/mol. The van der Waals surface area contributed by atoms with Crippen molar-refractivity contribution in [3.63, 3.8) is 0 Å². The van der Waals surface area contributed by atoms with Crippen LogP contribution in [-0.4, -0.2) is 11.2 Å². The number of aromatic nitrogens is 1. The van der Waals surface area contributed by atoms with Gasteiger partial charge in [-0.05, 0) is 12.1 Å². The molecule has 1 aliphatic rings. The highest BCUT2D eigenvalue weighted by Crippen LogP contribution is 2.23. The Labute approximate surface area is 87.7 Å². The average Bonchev–Trinajstić information content (AvgIpc) is 2.55. The van der Waals surface area contributed by atoms with Crippen molar-refractivity contribution in [1.82, 2.24) is 4.98 Å². The minimum absolute atomic E-state index is 1.07. The van der Waals surface area contributed by atoms with Crippen LogP contribution in [0, 0.1) is 0 Å². The molecule has 0 bridgehead atoms. The minimum atomic E-state index is 1.07. The number of aliphatic imine (C=N–C) groups is 1. The summed E-state index contributed by atoms with van der Waals surface area (Å²) in [6.45, 7) is 0. The fraction of sp³-hybridized carbons (Fsp3) is 0. The lowest BCUT2D eigenvalue weighted by molar-refractivity contribution is 1.41. The molecule has 72 valence electrons. The van der Waals surface area contributed by atoms with E-state index in [4.69, 9.17) is 0 Å². The van der Waals surface area contributed by atoms with Crippen molar-refractivity contribution in [1.29, 1.82) is 0 Å². The number of para-hydroxylation sites is 1. The number of benzene rings is 1. The van der Waals surface area contributed by atoms with Crippen LogP contribution < -0.4 is 0 Å². The van der Waals surface area contributed by atoms with E-state index >= 15 is 0 Å². The van der Waals surface area contributed by atoms with Crippen molar-refractivity contribution in [2.24, 2.45) is 4.99 Å². The van der Waals surface area contributed by atoms with Gasteiger partial charge in [0.1, 0.15) is 0 Å². The van der Waals surface area contributed by atoms with Gasteiger partial charge in [-0.25, -0.2) is 0 Å². The molecule has 2 heteroatoms. The average molecular weight is 194 g/mol. The molecule has 0 saturated heterocycles. The molecule has 0 aliphatic carbocycles. The van der Waals surface area contributed by atoms with Crippen LogP contribution in [0.1, 0.15) is 11.3 Å². The lowest BCUT2D eigenvalue weighted by atomic mass is 10.1. The number of fused-ring (bicyclic) bond motifs is 3. The SMILES string of the molecule is C1=N/C=C\C=C/c2c1[nH]c1ccccc21. The van der Waals surface area contributed by atoms with Crippen molar-refractivity contribution in [3.8, 4) is 0 Å². The smallest absolute Gasteiger partial charge is 0.0650 e. The predicted molar refractivity (Wildman–Crippen MR) is 64.1 cm³/mol. The van der Waals surface area contributed by atoms with Gasteiger partial charge in [-0.2, -0.15) is 0 Å². The van der Waals surface area contributed by atoms with E-state index < -0.39 is 0 Å². The van der Waals surface area contributed by atoms with Gasteiger partial charge in [0.25, 0.3) is 0 Å². The van der Waals surface area contributed by atoms with Crippen LogP contribution in [-0.2, 0) is 0 Å². The molecule has 2 nitrogen and oxygen atoms in total. The third-order valence-corrected chi connectivity index (χ3v) is 2.53. The first-order valence-corrected chi connectivity index (χ1v) is 4.92. The Morgan fingerprint density at radius 2 is 2.00 bits per heavy atom. The van der Waals surface area contributed by atoms with Crippen LogP contribution >= 0.6 is 0 Å². The van der Waals surface area contributed by atoms with E-state index in [2.05, 4.69) is 34.3 Å². The number of rotatable bonds is 0. The van der Waals surface area contributed by atoms with Crippen LogP contribution in [0.2, 0.25) is 0 Å². The number of nitrogens with one attached hydrogen (secondary N) is 1. The van der Waals surface area contributed by atoms with Crippen molar-refractivity contribution >= 4 is 23.2 Å². The molecule has 0 amide bonds. The summed E-state index contributed by atoms with van der Waals surface area (Å²) in [5.41, 5.74) is 3.43. The fourth-order valence-electron chi connectivity index (χ4n) is 1.83. The van der Waals surface area contributed by atoms with Crippen molar-refractivity contribution in [2.75, 3.05) is 0 Å². The van der Waals surface area contributed by atoms with Crippen LogP contribution in [0.15, 0.2) is 47.6 Å². The summed E-state index contributed by atoms with van der Waals surface area (Å²) in [4.78, 5) is 7.53. The van der Waals surface area contributed by atoms with Crippen LogP contribution in [0.5, 0.6) is 0 Å². The second-order valence-corrected chi connectivity index (χ2v) is 3.48. The molecule has 15 heavy (non-hydrogen) atoms. The first kappa shape index (κ1) is 8.24. The van der Waals surface area contributed by atoms with Gasteiger partial charge >= 0.3 is 0 Å². The van der Waals surface area contributed by atoms with Crippen LogP contribution in [0.4, 0.5) is 0 Å². The van der Waals surface area contributed by atoms with E-state index in [0.717, 1.165) is 11.2 Å². The van der Waals surface area contributed by atoms with Gasteiger partial charge in [-0.3, -0.25) is 4.99 Å². The summed E-state index contributed by atoms with van der Waals surface area (Å²) in [7, 11) is 0. The van der Waals surface area contributed by atoms with Gasteiger partial charge in [-0.1, -0.05) is 30.4 Å². The lowest BCUT2D eigenvalue weighted by Crippen LogP contribution is -1.84. The number of hydrogen-bond donors (Lipinski definition) is 1. The number of nitrogens with zero attached hydrogens (tertiary/aromatic N) is 1. The molecule has 3 rings (SSSR count). The van der Waals surface area contributed by atoms with Crippen molar-refractivity contribution < 1.29 is 0 Å². The summed E-state index contributed by atoms with van der Waals surface area (Å²) in [5, 5.41) is 1.24. The summed E-state index contributed by atoms with van der Waals surface area (Å²) < 4.78 is 0. The Balaban J connectivity index is 2.36. The second-order valence-electron chi connectivity index (χ2n) is 3.48. The molecule has 0 atom stereocenters.